The van der Waals surface area contributed by atoms with E-state index >= 15 is 0 Å². The van der Waals surface area contributed by atoms with Crippen LogP contribution in [0.3, 0.4) is 0 Å². The number of carbonyl (C=O) groups is 1. The van der Waals surface area contributed by atoms with E-state index in [9.17, 15) is 13.6 Å². The topological polar surface area (TPSA) is 64.9 Å². The highest BCUT2D eigenvalue weighted by Gasteiger charge is 2.04. The molecule has 1 aromatic rings. The molecule has 0 radical (unpaired) electrons. The first kappa shape index (κ1) is 9.92. The summed E-state index contributed by atoms with van der Waals surface area (Å²) in [5.41, 5.74) is 0.0663. The number of carbonyl (C=O) groups excluding carboxylic acids is 1. The van der Waals surface area contributed by atoms with Crippen molar-refractivity contribution in [3.63, 3.8) is 0 Å². The maximum absolute atomic E-state index is 12.6. The smallest absolute Gasteiger partial charge is 0.307 e. The van der Waals surface area contributed by atoms with Gasteiger partial charge in [-0.05, 0) is 12.1 Å². The van der Waals surface area contributed by atoms with Gasteiger partial charge in [-0.3, -0.25) is 0 Å². The molecule has 0 saturated heterocycles. The van der Waals surface area contributed by atoms with Crippen LogP contribution in [0.2, 0.25) is 0 Å². The second-order valence-electron chi connectivity index (χ2n) is 2.32. The van der Waals surface area contributed by atoms with Crippen molar-refractivity contribution in [2.75, 3.05) is 5.32 Å². The molecule has 6 heteroatoms. The van der Waals surface area contributed by atoms with Gasteiger partial charge in [-0.25, -0.2) is 18.9 Å². The summed E-state index contributed by atoms with van der Waals surface area (Å²) in [6, 6.07) is 2.05. The zero-order valence-corrected chi connectivity index (χ0v) is 6.84. The molecule has 0 atom stereocenters. The number of rotatable bonds is 1. The quantitative estimate of drug-likeness (QED) is 0.530. The van der Waals surface area contributed by atoms with E-state index in [4.69, 9.17) is 5.26 Å². The van der Waals surface area contributed by atoms with Crippen LogP contribution in [-0.2, 0) is 0 Å². The minimum Gasteiger partial charge on any atom is -0.307 e. The van der Waals surface area contributed by atoms with Crippen molar-refractivity contribution in [3.8, 4) is 6.19 Å². The lowest BCUT2D eigenvalue weighted by Crippen LogP contribution is -2.24. The molecule has 1 aromatic carbocycles. The zero-order chi connectivity index (χ0) is 10.6. The van der Waals surface area contributed by atoms with Crippen molar-refractivity contribution < 1.29 is 13.6 Å². The van der Waals surface area contributed by atoms with Crippen molar-refractivity contribution in [2.24, 2.45) is 0 Å². The number of nitriles is 1. The van der Waals surface area contributed by atoms with Gasteiger partial charge in [0.15, 0.2) is 17.8 Å². The number of benzene rings is 1. The number of hydrogen-bond donors (Lipinski definition) is 2. The monoisotopic (exact) mass is 197 g/mol. The molecule has 0 aliphatic rings. The molecule has 0 aliphatic carbocycles. The van der Waals surface area contributed by atoms with Gasteiger partial charge in [0.05, 0.1) is 0 Å². The van der Waals surface area contributed by atoms with E-state index in [0.717, 1.165) is 12.1 Å². The van der Waals surface area contributed by atoms with Crippen LogP contribution in [-0.4, -0.2) is 6.03 Å². The molecule has 4 nitrogen and oxygen atoms in total. The van der Waals surface area contributed by atoms with Gasteiger partial charge in [-0.1, -0.05) is 0 Å². The number of urea groups is 1. The minimum atomic E-state index is -1.07. The molecule has 2 amide bonds. The van der Waals surface area contributed by atoms with E-state index in [2.05, 4.69) is 5.32 Å². The van der Waals surface area contributed by atoms with Gasteiger partial charge < -0.3 is 5.32 Å². The lowest BCUT2D eigenvalue weighted by atomic mass is 10.3. The Hall–Kier alpha value is -2.16. The first-order valence-corrected chi connectivity index (χ1v) is 3.54. The summed E-state index contributed by atoms with van der Waals surface area (Å²) >= 11 is 0. The largest absolute Gasteiger partial charge is 0.332 e. The first-order valence-electron chi connectivity index (χ1n) is 3.54. The standard InChI is InChI=1S/C8H5F2N3O/c9-6-2-1-5(3-7(6)10)13-8(14)12-4-11/h1-3H,(H2,12,13,14). The highest BCUT2D eigenvalue weighted by atomic mass is 19.2. The molecule has 0 unspecified atom stereocenters. The Kier molecular flexibility index (Phi) is 2.97. The zero-order valence-electron chi connectivity index (χ0n) is 6.84. The van der Waals surface area contributed by atoms with Crippen molar-refractivity contribution in [2.45, 2.75) is 0 Å². The third-order valence-electron chi connectivity index (χ3n) is 1.35. The molecule has 0 aliphatic heterocycles. The molecule has 2 N–H and O–H groups in total. The number of amides is 2. The van der Waals surface area contributed by atoms with E-state index in [0.29, 0.717) is 0 Å². The van der Waals surface area contributed by atoms with E-state index in [-0.39, 0.29) is 5.69 Å². The number of anilines is 1. The maximum Gasteiger partial charge on any atom is 0.332 e. The van der Waals surface area contributed by atoms with Crippen LogP contribution in [0.4, 0.5) is 19.3 Å². The van der Waals surface area contributed by atoms with Crippen LogP contribution in [0, 0.1) is 23.1 Å². The number of halogens is 2. The Bertz CT molecular complexity index is 400. The molecule has 1 rings (SSSR count). The van der Waals surface area contributed by atoms with Crippen LogP contribution in [0.5, 0.6) is 0 Å². The van der Waals surface area contributed by atoms with E-state index in [1.165, 1.54) is 12.3 Å². The maximum atomic E-state index is 12.6. The highest BCUT2D eigenvalue weighted by molar-refractivity contribution is 5.90. The SMILES string of the molecule is N#CNC(=O)Nc1ccc(F)c(F)c1. The fourth-order valence-electron chi connectivity index (χ4n) is 0.787. The third-order valence-corrected chi connectivity index (χ3v) is 1.35. The Morgan fingerprint density at radius 1 is 1.36 bits per heavy atom. The summed E-state index contributed by atoms with van der Waals surface area (Å²) < 4.78 is 25.0. The van der Waals surface area contributed by atoms with Gasteiger partial charge in [0, 0.05) is 11.8 Å². The second kappa shape index (κ2) is 4.18. The summed E-state index contributed by atoms with van der Waals surface area (Å²) in [6.07, 6.45) is 1.38. The Morgan fingerprint density at radius 2 is 2.07 bits per heavy atom. The molecule has 0 spiro atoms. The van der Waals surface area contributed by atoms with Crippen LogP contribution >= 0.6 is 0 Å². The van der Waals surface area contributed by atoms with Gasteiger partial charge in [0.25, 0.3) is 0 Å². The second-order valence-corrected chi connectivity index (χ2v) is 2.32. The van der Waals surface area contributed by atoms with Gasteiger partial charge >= 0.3 is 6.03 Å². The predicted octanol–water partition coefficient (Wildman–Crippen LogP) is 1.57. The minimum absolute atomic E-state index is 0.0663. The molecular weight excluding hydrogens is 192 g/mol. The number of nitrogens with zero attached hydrogens (tertiary/aromatic N) is 1. The van der Waals surface area contributed by atoms with Gasteiger partial charge in [-0.15, -0.1) is 0 Å². The van der Waals surface area contributed by atoms with Crippen molar-refractivity contribution in [1.82, 2.24) is 5.32 Å². The van der Waals surface area contributed by atoms with Crippen LogP contribution in [0.15, 0.2) is 18.2 Å². The Morgan fingerprint density at radius 3 is 2.64 bits per heavy atom. The molecule has 0 bridgehead atoms. The normalized spacial score (nSPS) is 8.93. The molecule has 0 fully saturated rings. The molecule has 0 heterocycles. The Balaban J connectivity index is 2.74. The third kappa shape index (κ3) is 2.42. The van der Waals surface area contributed by atoms with E-state index < -0.39 is 17.7 Å². The molecule has 14 heavy (non-hydrogen) atoms. The average molecular weight is 197 g/mol. The summed E-state index contributed by atoms with van der Waals surface area (Å²) in [4.78, 5) is 10.7. The number of hydrogen-bond acceptors (Lipinski definition) is 2. The summed E-state index contributed by atoms with van der Waals surface area (Å²) in [6.45, 7) is 0. The molecule has 0 aromatic heterocycles. The molecule has 0 saturated carbocycles. The number of nitrogens with one attached hydrogen (secondary N) is 2. The fourth-order valence-corrected chi connectivity index (χ4v) is 0.787. The van der Waals surface area contributed by atoms with Gasteiger partial charge in [0.1, 0.15) is 0 Å². The van der Waals surface area contributed by atoms with Crippen molar-refractivity contribution >= 4 is 11.7 Å². The lowest BCUT2D eigenvalue weighted by molar-refractivity contribution is 0.255. The summed E-state index contributed by atoms with van der Waals surface area (Å²) in [5.74, 6) is -2.07. The van der Waals surface area contributed by atoms with Crippen molar-refractivity contribution in [1.29, 1.82) is 5.26 Å². The van der Waals surface area contributed by atoms with Crippen LogP contribution < -0.4 is 10.6 Å². The van der Waals surface area contributed by atoms with Gasteiger partial charge in [0.2, 0.25) is 0 Å². The van der Waals surface area contributed by atoms with Crippen LogP contribution in [0.25, 0.3) is 0 Å². The van der Waals surface area contributed by atoms with E-state index in [1.807, 2.05) is 0 Å². The van der Waals surface area contributed by atoms with Gasteiger partial charge in [-0.2, -0.15) is 5.26 Å². The summed E-state index contributed by atoms with van der Waals surface area (Å²) in [5, 5.41) is 12.0. The average Bonchev–Trinajstić information content (AvgIpc) is 2.12. The molecular formula is C8H5F2N3O. The first-order chi connectivity index (χ1) is 6.63. The molecule has 72 valence electrons. The van der Waals surface area contributed by atoms with Crippen LogP contribution in [0.1, 0.15) is 0 Å². The Labute approximate surface area is 78.1 Å². The predicted molar refractivity (Wildman–Crippen MR) is 44.1 cm³/mol. The fraction of sp³-hybridized carbons (Fsp3) is 0. The summed E-state index contributed by atoms with van der Waals surface area (Å²) in [7, 11) is 0. The van der Waals surface area contributed by atoms with E-state index in [1.54, 1.807) is 5.32 Å². The van der Waals surface area contributed by atoms with Crippen molar-refractivity contribution in [3.05, 3.63) is 29.8 Å². The highest BCUT2D eigenvalue weighted by Crippen LogP contribution is 2.12. The lowest BCUT2D eigenvalue weighted by Gasteiger charge is -2.02.